The van der Waals surface area contributed by atoms with Crippen LogP contribution >= 0.6 is 35.0 Å². The quantitative estimate of drug-likeness (QED) is 0.282. The van der Waals surface area contributed by atoms with Gasteiger partial charge in [-0.2, -0.15) is 5.10 Å². The Morgan fingerprint density at radius 1 is 1.16 bits per heavy atom. The molecule has 0 fully saturated rings. The standard InChI is InChI=1S/C19H14Cl2FN7OS/c20-11-3-1-10(2-4-11)15-8-16(26-25-15)18-27-28-19(29(18)23)31-9-17(30)24-12-5-6-14(22)13(21)7-12/h1-8H,9,23H2,(H,24,30)(H,25,26). The molecular weight excluding hydrogens is 464 g/mol. The van der Waals surface area contributed by atoms with Gasteiger partial charge in [0.2, 0.25) is 16.9 Å². The van der Waals surface area contributed by atoms with Gasteiger partial charge in [-0.3, -0.25) is 9.89 Å². The fourth-order valence-corrected chi connectivity index (χ4v) is 3.63. The minimum atomic E-state index is -0.559. The molecule has 12 heteroatoms. The van der Waals surface area contributed by atoms with Gasteiger partial charge in [-0.25, -0.2) is 9.07 Å². The largest absolute Gasteiger partial charge is 0.335 e. The zero-order chi connectivity index (χ0) is 22.0. The predicted octanol–water partition coefficient (Wildman–Crippen LogP) is 4.23. The maximum Gasteiger partial charge on any atom is 0.234 e. The number of hydrogen-bond donors (Lipinski definition) is 3. The van der Waals surface area contributed by atoms with Crippen molar-refractivity contribution in [3.05, 3.63) is 64.4 Å². The van der Waals surface area contributed by atoms with Crippen LogP contribution in [0.4, 0.5) is 10.1 Å². The number of nitrogens with one attached hydrogen (secondary N) is 2. The molecule has 2 heterocycles. The number of thioether (sulfide) groups is 1. The van der Waals surface area contributed by atoms with E-state index >= 15 is 0 Å². The number of nitrogens with zero attached hydrogens (tertiary/aromatic N) is 4. The summed E-state index contributed by atoms with van der Waals surface area (Å²) in [5, 5.41) is 18.8. The first-order chi connectivity index (χ1) is 14.9. The van der Waals surface area contributed by atoms with Crippen molar-refractivity contribution in [2.24, 2.45) is 0 Å². The van der Waals surface area contributed by atoms with Gasteiger partial charge in [-0.1, -0.05) is 47.1 Å². The van der Waals surface area contributed by atoms with Crippen molar-refractivity contribution in [1.29, 1.82) is 0 Å². The van der Waals surface area contributed by atoms with Crippen LogP contribution in [0.25, 0.3) is 22.8 Å². The third kappa shape index (κ3) is 4.82. The van der Waals surface area contributed by atoms with Gasteiger partial charge in [0, 0.05) is 16.3 Å². The maximum atomic E-state index is 13.2. The summed E-state index contributed by atoms with van der Waals surface area (Å²) in [6.07, 6.45) is 0. The highest BCUT2D eigenvalue weighted by atomic mass is 35.5. The number of nitrogens with two attached hydrogens (primary N) is 1. The number of aromatic amines is 1. The van der Waals surface area contributed by atoms with E-state index in [0.29, 0.717) is 33.1 Å². The number of anilines is 1. The van der Waals surface area contributed by atoms with Crippen LogP contribution in [-0.4, -0.2) is 36.7 Å². The average Bonchev–Trinajstić information content (AvgIpc) is 3.36. The van der Waals surface area contributed by atoms with Gasteiger partial charge in [0.15, 0.2) is 0 Å². The maximum absolute atomic E-state index is 13.2. The van der Waals surface area contributed by atoms with Crippen molar-refractivity contribution in [2.45, 2.75) is 5.16 Å². The van der Waals surface area contributed by atoms with Crippen LogP contribution in [0.1, 0.15) is 0 Å². The van der Waals surface area contributed by atoms with Crippen LogP contribution < -0.4 is 11.2 Å². The van der Waals surface area contributed by atoms with E-state index in [1.54, 1.807) is 18.2 Å². The Bertz CT molecular complexity index is 1240. The lowest BCUT2D eigenvalue weighted by molar-refractivity contribution is -0.113. The van der Waals surface area contributed by atoms with E-state index in [1.165, 1.54) is 22.9 Å². The molecule has 158 valence electrons. The Morgan fingerprint density at radius 3 is 2.68 bits per heavy atom. The summed E-state index contributed by atoms with van der Waals surface area (Å²) in [6, 6.07) is 13.0. The third-order valence-corrected chi connectivity index (χ3v) is 5.64. The van der Waals surface area contributed by atoms with Gasteiger partial charge in [-0.05, 0) is 36.4 Å². The fourth-order valence-electron chi connectivity index (χ4n) is 2.66. The first-order valence-electron chi connectivity index (χ1n) is 8.80. The Hall–Kier alpha value is -3.08. The number of rotatable bonds is 6. The summed E-state index contributed by atoms with van der Waals surface area (Å²) >= 11 is 12.7. The van der Waals surface area contributed by atoms with Crippen LogP contribution in [0.2, 0.25) is 10.0 Å². The van der Waals surface area contributed by atoms with Crippen molar-refractivity contribution in [3.63, 3.8) is 0 Å². The van der Waals surface area contributed by atoms with Crippen molar-refractivity contribution in [3.8, 4) is 22.8 Å². The Kier molecular flexibility index (Phi) is 6.12. The monoisotopic (exact) mass is 477 g/mol. The second-order valence-electron chi connectivity index (χ2n) is 6.32. The molecule has 1 amide bonds. The first-order valence-corrected chi connectivity index (χ1v) is 10.5. The van der Waals surface area contributed by atoms with Crippen LogP contribution in [0.15, 0.2) is 53.7 Å². The van der Waals surface area contributed by atoms with Crippen molar-refractivity contribution in [2.75, 3.05) is 16.9 Å². The van der Waals surface area contributed by atoms with E-state index in [-0.39, 0.29) is 16.7 Å². The molecule has 0 radical (unpaired) electrons. The summed E-state index contributed by atoms with van der Waals surface area (Å²) < 4.78 is 14.5. The molecule has 0 atom stereocenters. The molecular formula is C19H14Cl2FN7OS. The third-order valence-electron chi connectivity index (χ3n) is 4.16. The number of halogens is 3. The van der Waals surface area contributed by atoms with Crippen molar-refractivity contribution in [1.82, 2.24) is 25.1 Å². The number of carbonyl (C=O) groups excluding carboxylic acids is 1. The molecule has 0 bridgehead atoms. The molecule has 2 aromatic carbocycles. The Balaban J connectivity index is 1.42. The van der Waals surface area contributed by atoms with Crippen molar-refractivity contribution < 1.29 is 9.18 Å². The molecule has 0 unspecified atom stereocenters. The second-order valence-corrected chi connectivity index (χ2v) is 8.10. The highest BCUT2D eigenvalue weighted by Crippen LogP contribution is 2.26. The molecule has 0 aliphatic carbocycles. The van der Waals surface area contributed by atoms with Gasteiger partial charge in [0.05, 0.1) is 16.5 Å². The first kappa shape index (κ1) is 21.2. The van der Waals surface area contributed by atoms with E-state index in [4.69, 9.17) is 29.0 Å². The predicted molar refractivity (Wildman–Crippen MR) is 119 cm³/mol. The Morgan fingerprint density at radius 2 is 1.94 bits per heavy atom. The molecule has 2 aromatic heterocycles. The number of nitrogen functional groups attached to an aromatic ring is 1. The molecule has 0 aliphatic heterocycles. The van der Waals surface area contributed by atoms with Gasteiger partial charge in [0.1, 0.15) is 11.5 Å². The normalized spacial score (nSPS) is 10.9. The summed E-state index contributed by atoms with van der Waals surface area (Å²) in [5.41, 5.74) is 2.53. The average molecular weight is 478 g/mol. The van der Waals surface area contributed by atoms with Gasteiger partial charge >= 0.3 is 0 Å². The van der Waals surface area contributed by atoms with E-state index in [2.05, 4.69) is 25.7 Å². The van der Waals surface area contributed by atoms with E-state index in [1.807, 2.05) is 12.1 Å². The van der Waals surface area contributed by atoms with Crippen LogP contribution in [0, 0.1) is 5.82 Å². The summed E-state index contributed by atoms with van der Waals surface area (Å²) in [6.45, 7) is 0. The van der Waals surface area contributed by atoms with Crippen molar-refractivity contribution >= 4 is 46.6 Å². The van der Waals surface area contributed by atoms with Gasteiger partial charge < -0.3 is 11.2 Å². The summed E-state index contributed by atoms with van der Waals surface area (Å²) in [4.78, 5) is 12.2. The molecule has 0 aliphatic rings. The number of H-pyrrole nitrogens is 1. The van der Waals surface area contributed by atoms with Gasteiger partial charge in [0.25, 0.3) is 0 Å². The fraction of sp³-hybridized carbons (Fsp3) is 0.0526. The molecule has 4 aromatic rings. The molecule has 0 saturated heterocycles. The highest BCUT2D eigenvalue weighted by molar-refractivity contribution is 7.99. The van der Waals surface area contributed by atoms with Crippen LogP contribution in [0.3, 0.4) is 0 Å². The smallest absolute Gasteiger partial charge is 0.234 e. The highest BCUT2D eigenvalue weighted by Gasteiger charge is 2.16. The van der Waals surface area contributed by atoms with Crippen LogP contribution in [0.5, 0.6) is 0 Å². The van der Waals surface area contributed by atoms with E-state index in [9.17, 15) is 9.18 Å². The molecule has 31 heavy (non-hydrogen) atoms. The zero-order valence-electron chi connectivity index (χ0n) is 15.6. The number of benzene rings is 2. The number of carbonyl (C=O) groups is 1. The lowest BCUT2D eigenvalue weighted by Gasteiger charge is -2.06. The zero-order valence-corrected chi connectivity index (χ0v) is 18.0. The SMILES string of the molecule is Nn1c(SCC(=O)Nc2ccc(F)c(Cl)c2)nnc1-c1cc(-c2ccc(Cl)cc2)n[nH]1. The summed E-state index contributed by atoms with van der Waals surface area (Å²) in [5.74, 6) is 5.58. The Labute approximate surface area is 189 Å². The number of hydrogen-bond acceptors (Lipinski definition) is 6. The summed E-state index contributed by atoms with van der Waals surface area (Å²) in [7, 11) is 0. The van der Waals surface area contributed by atoms with E-state index in [0.717, 1.165) is 17.3 Å². The lowest BCUT2D eigenvalue weighted by atomic mass is 10.1. The molecule has 0 spiro atoms. The van der Waals surface area contributed by atoms with Gasteiger partial charge in [-0.15, -0.1) is 10.2 Å². The molecule has 4 N–H and O–H groups in total. The topological polar surface area (TPSA) is 115 Å². The lowest BCUT2D eigenvalue weighted by Crippen LogP contribution is -2.16. The second kappa shape index (κ2) is 8.96. The van der Waals surface area contributed by atoms with E-state index < -0.39 is 5.82 Å². The molecule has 0 saturated carbocycles. The molecule has 4 rings (SSSR count). The number of amides is 1. The molecule has 8 nitrogen and oxygen atoms in total. The minimum Gasteiger partial charge on any atom is -0.335 e. The minimum absolute atomic E-state index is 0.0172. The van der Waals surface area contributed by atoms with Crippen LogP contribution in [-0.2, 0) is 4.79 Å². The number of aromatic nitrogens is 5.